The van der Waals surface area contributed by atoms with Gasteiger partial charge in [-0.3, -0.25) is 10.1 Å². The van der Waals surface area contributed by atoms with Crippen molar-refractivity contribution in [3.63, 3.8) is 0 Å². The van der Waals surface area contributed by atoms with Crippen molar-refractivity contribution in [2.24, 2.45) is 0 Å². The Labute approximate surface area is 128 Å². The fourth-order valence-corrected chi connectivity index (χ4v) is 2.87. The minimum absolute atomic E-state index is 0.0126. The average molecular weight is 311 g/mol. The summed E-state index contributed by atoms with van der Waals surface area (Å²) < 4.78 is 2.07. The van der Waals surface area contributed by atoms with Crippen molar-refractivity contribution in [3.8, 4) is 0 Å². The molecule has 1 atom stereocenters. The molecule has 1 fully saturated rings. The highest BCUT2D eigenvalue weighted by molar-refractivity contribution is 8.00. The first-order chi connectivity index (χ1) is 9.88. The topological polar surface area (TPSA) is 88.9 Å². The molecule has 2 N–H and O–H groups in total. The summed E-state index contributed by atoms with van der Waals surface area (Å²) in [6, 6.07) is -0.0225. The van der Waals surface area contributed by atoms with Crippen molar-refractivity contribution in [3.05, 3.63) is 5.82 Å². The summed E-state index contributed by atoms with van der Waals surface area (Å²) >= 11 is 1.33. The van der Waals surface area contributed by atoms with Crippen molar-refractivity contribution < 1.29 is 9.59 Å². The molecule has 1 aromatic heterocycles. The van der Waals surface area contributed by atoms with Crippen LogP contribution in [0.3, 0.4) is 0 Å². The predicted molar refractivity (Wildman–Crippen MR) is 80.2 cm³/mol. The van der Waals surface area contributed by atoms with Crippen LogP contribution < -0.4 is 10.6 Å². The molecule has 1 saturated carbocycles. The third-order valence-corrected chi connectivity index (χ3v) is 4.11. The lowest BCUT2D eigenvalue weighted by atomic mass is 10.4. The maximum Gasteiger partial charge on any atom is 0.321 e. The number of carbonyl (C=O) groups excluding carboxylic acids is 2. The van der Waals surface area contributed by atoms with Crippen LogP contribution in [0.25, 0.3) is 0 Å². The Kier molecular flexibility index (Phi) is 4.87. The number of hydrogen-bond acceptors (Lipinski definition) is 5. The molecule has 1 aliphatic rings. The highest BCUT2D eigenvalue weighted by atomic mass is 32.2. The molecule has 7 nitrogen and oxygen atoms in total. The number of aryl methyl sites for hydroxylation is 1. The molecule has 0 bridgehead atoms. The van der Waals surface area contributed by atoms with E-state index in [9.17, 15) is 9.59 Å². The van der Waals surface area contributed by atoms with Crippen LogP contribution in [0.15, 0.2) is 5.16 Å². The van der Waals surface area contributed by atoms with E-state index in [1.165, 1.54) is 11.8 Å². The zero-order valence-corrected chi connectivity index (χ0v) is 13.5. The molecule has 0 unspecified atom stereocenters. The Balaban J connectivity index is 1.93. The van der Waals surface area contributed by atoms with Crippen LogP contribution in [0.2, 0.25) is 0 Å². The number of imide groups is 1. The lowest BCUT2D eigenvalue weighted by Crippen LogP contribution is -2.45. The SMILES string of the molecule is Cc1nnc(S[C@@H](C)C(=O)NC(=O)NC(C)C)n1C1CC1. The third kappa shape index (κ3) is 4.20. The molecule has 8 heteroatoms. The molecule has 21 heavy (non-hydrogen) atoms. The second-order valence-electron chi connectivity index (χ2n) is 5.51. The third-order valence-electron chi connectivity index (χ3n) is 3.05. The first-order valence-corrected chi connectivity index (χ1v) is 7.96. The Morgan fingerprint density at radius 2 is 1.95 bits per heavy atom. The monoisotopic (exact) mass is 311 g/mol. The largest absolute Gasteiger partial charge is 0.336 e. The van der Waals surface area contributed by atoms with E-state index in [0.29, 0.717) is 6.04 Å². The highest BCUT2D eigenvalue weighted by Gasteiger charge is 2.30. The van der Waals surface area contributed by atoms with E-state index in [0.717, 1.165) is 23.8 Å². The number of hydrogen-bond donors (Lipinski definition) is 2. The number of nitrogens with one attached hydrogen (secondary N) is 2. The number of carbonyl (C=O) groups is 2. The summed E-state index contributed by atoms with van der Waals surface area (Å²) in [6.45, 7) is 7.34. The van der Waals surface area contributed by atoms with Gasteiger partial charge in [-0.05, 0) is 40.5 Å². The van der Waals surface area contributed by atoms with Crippen molar-refractivity contribution in [2.75, 3.05) is 0 Å². The second-order valence-corrected chi connectivity index (χ2v) is 6.82. The van der Waals surface area contributed by atoms with E-state index >= 15 is 0 Å². The van der Waals surface area contributed by atoms with Crippen LogP contribution in [0.4, 0.5) is 4.79 Å². The fraction of sp³-hybridized carbons (Fsp3) is 0.692. The normalized spacial score (nSPS) is 15.9. The first kappa shape index (κ1) is 15.8. The lowest BCUT2D eigenvalue weighted by molar-refractivity contribution is -0.119. The highest BCUT2D eigenvalue weighted by Crippen LogP contribution is 2.39. The molecular weight excluding hydrogens is 290 g/mol. The summed E-state index contributed by atoms with van der Waals surface area (Å²) in [5, 5.41) is 13.5. The van der Waals surface area contributed by atoms with Gasteiger partial charge in [-0.25, -0.2) is 4.79 Å². The van der Waals surface area contributed by atoms with Crippen LogP contribution >= 0.6 is 11.8 Å². The number of urea groups is 1. The van der Waals surface area contributed by atoms with Gasteiger partial charge in [0.15, 0.2) is 5.16 Å². The number of amides is 3. The minimum atomic E-state index is -0.470. The Bertz CT molecular complexity index is 539. The van der Waals surface area contributed by atoms with Gasteiger partial charge >= 0.3 is 6.03 Å². The minimum Gasteiger partial charge on any atom is -0.336 e. The summed E-state index contributed by atoms with van der Waals surface area (Å²) in [4.78, 5) is 23.5. The zero-order valence-electron chi connectivity index (χ0n) is 12.7. The summed E-state index contributed by atoms with van der Waals surface area (Å²) in [7, 11) is 0. The van der Waals surface area contributed by atoms with Crippen LogP contribution in [0.5, 0.6) is 0 Å². The summed E-state index contributed by atoms with van der Waals surface area (Å²) in [6.07, 6.45) is 2.26. The number of aromatic nitrogens is 3. The molecule has 1 aliphatic carbocycles. The predicted octanol–water partition coefficient (Wildman–Crippen LogP) is 1.64. The van der Waals surface area contributed by atoms with Gasteiger partial charge in [0.2, 0.25) is 5.91 Å². The van der Waals surface area contributed by atoms with Gasteiger partial charge < -0.3 is 9.88 Å². The first-order valence-electron chi connectivity index (χ1n) is 7.08. The van der Waals surface area contributed by atoms with Crippen molar-refractivity contribution in [2.45, 2.75) is 63.0 Å². The van der Waals surface area contributed by atoms with Gasteiger partial charge in [0, 0.05) is 12.1 Å². The van der Waals surface area contributed by atoms with E-state index in [-0.39, 0.29) is 11.9 Å². The Morgan fingerprint density at radius 1 is 1.29 bits per heavy atom. The van der Waals surface area contributed by atoms with Gasteiger partial charge in [0.25, 0.3) is 0 Å². The molecule has 1 heterocycles. The summed E-state index contributed by atoms with van der Waals surface area (Å²) in [5.41, 5.74) is 0. The molecule has 1 aromatic rings. The van der Waals surface area contributed by atoms with E-state index in [2.05, 4.69) is 25.4 Å². The van der Waals surface area contributed by atoms with Crippen molar-refractivity contribution in [1.82, 2.24) is 25.4 Å². The number of thioether (sulfide) groups is 1. The zero-order chi connectivity index (χ0) is 15.6. The van der Waals surface area contributed by atoms with Crippen LogP contribution in [-0.4, -0.2) is 38.0 Å². The lowest BCUT2D eigenvalue weighted by Gasteiger charge is -2.13. The van der Waals surface area contributed by atoms with Crippen molar-refractivity contribution in [1.29, 1.82) is 0 Å². The molecule has 0 spiro atoms. The smallest absolute Gasteiger partial charge is 0.321 e. The maximum atomic E-state index is 12.0. The van der Waals surface area contributed by atoms with E-state index in [1.807, 2.05) is 20.8 Å². The molecule has 0 radical (unpaired) electrons. The molecule has 116 valence electrons. The molecular formula is C13H21N5O2S. The van der Waals surface area contributed by atoms with Gasteiger partial charge in [-0.1, -0.05) is 11.8 Å². The number of rotatable bonds is 5. The van der Waals surface area contributed by atoms with Crippen LogP contribution in [0.1, 0.15) is 45.5 Å². The maximum absolute atomic E-state index is 12.0. The van der Waals surface area contributed by atoms with E-state index < -0.39 is 11.3 Å². The standard InChI is InChI=1S/C13H21N5O2S/c1-7(2)14-12(20)15-11(19)8(3)21-13-17-16-9(4)18(13)10-5-6-10/h7-8,10H,5-6H2,1-4H3,(H2,14,15,19,20)/t8-/m0/s1. The van der Waals surface area contributed by atoms with Gasteiger partial charge in [-0.15, -0.1) is 10.2 Å². The van der Waals surface area contributed by atoms with Gasteiger partial charge in [0.05, 0.1) is 5.25 Å². The van der Waals surface area contributed by atoms with Crippen molar-refractivity contribution >= 4 is 23.7 Å². The summed E-state index contributed by atoms with van der Waals surface area (Å²) in [5.74, 6) is 0.534. The molecule has 2 rings (SSSR count). The quantitative estimate of drug-likeness (QED) is 0.807. The van der Waals surface area contributed by atoms with E-state index in [4.69, 9.17) is 0 Å². The van der Waals surface area contributed by atoms with Gasteiger partial charge in [0.1, 0.15) is 5.82 Å². The average Bonchev–Trinajstić information content (AvgIpc) is 3.13. The molecule has 0 aliphatic heterocycles. The van der Waals surface area contributed by atoms with Crippen LogP contribution in [0, 0.1) is 6.92 Å². The second kappa shape index (κ2) is 6.46. The molecule has 0 saturated heterocycles. The molecule has 0 aromatic carbocycles. The fourth-order valence-electron chi connectivity index (χ4n) is 1.91. The number of nitrogens with zero attached hydrogens (tertiary/aromatic N) is 3. The van der Waals surface area contributed by atoms with E-state index in [1.54, 1.807) is 6.92 Å². The Hall–Kier alpha value is -1.57. The van der Waals surface area contributed by atoms with Crippen LogP contribution in [-0.2, 0) is 4.79 Å². The van der Waals surface area contributed by atoms with Gasteiger partial charge in [-0.2, -0.15) is 0 Å². The Morgan fingerprint density at radius 3 is 2.52 bits per heavy atom. The molecule has 3 amide bonds.